The highest BCUT2D eigenvalue weighted by atomic mass is 16.7. The van der Waals surface area contributed by atoms with Crippen LogP contribution in [0.1, 0.15) is 167 Å². The maximum Gasteiger partial charge on any atom is 0.297 e. The molecule has 0 aromatic heterocycles. The number of nitrogens with one attached hydrogen (secondary N) is 1. The summed E-state index contributed by atoms with van der Waals surface area (Å²) in [6.45, 7) is 17.6. The zero-order chi connectivity index (χ0) is 43.9. The van der Waals surface area contributed by atoms with Gasteiger partial charge in [0.1, 0.15) is 0 Å². The van der Waals surface area contributed by atoms with Gasteiger partial charge in [0.25, 0.3) is 5.91 Å². The molecule has 0 saturated carbocycles. The van der Waals surface area contributed by atoms with E-state index in [-0.39, 0.29) is 64.5 Å². The second-order valence-corrected chi connectivity index (χ2v) is 14.7. The maximum atomic E-state index is 13.0. The first-order chi connectivity index (χ1) is 29.3. The second kappa shape index (κ2) is 36.0. The van der Waals surface area contributed by atoms with Crippen molar-refractivity contribution in [3.8, 4) is 142 Å². The maximum absolute atomic E-state index is 13.0. The van der Waals surface area contributed by atoms with E-state index in [2.05, 4.69) is 208 Å². The van der Waals surface area contributed by atoms with E-state index in [1.165, 1.54) is 57.8 Å². The molecule has 8 atom stereocenters. The van der Waals surface area contributed by atoms with E-state index < -0.39 is 5.91 Å². The number of carbonyl (C=O) groups is 1. The van der Waals surface area contributed by atoms with E-state index >= 15 is 0 Å². The Morgan fingerprint density at radius 1 is 0.617 bits per heavy atom. The molecule has 1 amide bonds. The molecule has 1 saturated heterocycles. The molecule has 60 heavy (non-hydrogen) atoms. The Kier molecular flexibility index (Phi) is 31.1. The third-order valence-corrected chi connectivity index (χ3v) is 10.4. The van der Waals surface area contributed by atoms with Gasteiger partial charge in [0.2, 0.25) is 0 Å². The van der Waals surface area contributed by atoms with Crippen LogP contribution in [0.4, 0.5) is 0 Å². The zero-order valence-electron chi connectivity index (χ0n) is 37.2. The number of unbranched alkanes of at least 4 members (excludes halogenated alkanes) is 9. The molecular formula is C56H109NO3. The highest BCUT2D eigenvalue weighted by Crippen LogP contribution is 2.36. The number of amides is 1. The summed E-state index contributed by atoms with van der Waals surface area (Å²) in [6, 6.07) is -0.254. The van der Waals surface area contributed by atoms with Crippen LogP contribution in [-0.2, 0) is 14.3 Å². The Labute approximate surface area is 401 Å². The van der Waals surface area contributed by atoms with Crippen molar-refractivity contribution >= 4 is 5.91 Å². The van der Waals surface area contributed by atoms with Crippen LogP contribution < -0.4 is 5.32 Å². The molecule has 4 heteroatoms. The lowest BCUT2D eigenvalue weighted by Gasteiger charge is -2.43. The van der Waals surface area contributed by atoms with Crippen molar-refractivity contribution in [2.75, 3.05) is 6.61 Å². The molecule has 1 aliphatic rings. The highest BCUT2D eigenvalue weighted by molar-refractivity contribution is 5.94. The van der Waals surface area contributed by atoms with Crippen LogP contribution in [0.25, 0.3) is 0 Å². The number of carbonyl (C=O) groups excluding carboxylic acids is 1. The molecule has 0 spiro atoms. The van der Waals surface area contributed by atoms with Crippen molar-refractivity contribution in [3.05, 3.63) is 12.2 Å². The summed E-state index contributed by atoms with van der Waals surface area (Å²) in [4.78, 5) is 13.0. The number of allylic oxidation sites excluding steroid dienone is 2. The molecule has 356 valence electrons. The number of hydrogen-bond acceptors (Lipinski definition) is 3. The molecule has 0 aromatic rings. The molecule has 1 rings (SSSR count). The molecule has 0 bridgehead atoms. The molecule has 1 aliphatic heterocycles. The number of ether oxygens (including phenoxy) is 2. The fraction of sp³-hybridized carbons (Fsp3) is 0.518. The lowest BCUT2D eigenvalue weighted by atomic mass is 9.78. The third kappa shape index (κ3) is 26.0. The minimum atomic E-state index is -0.413. The molecule has 0 aromatic carbocycles. The summed E-state index contributed by atoms with van der Waals surface area (Å²) >= 11 is 0. The molecular weight excluding hydrogens is 735 g/mol. The monoisotopic (exact) mass is 844 g/mol. The van der Waals surface area contributed by atoms with Gasteiger partial charge in [0.15, 0.2) is 6.29 Å². The van der Waals surface area contributed by atoms with Gasteiger partial charge in [-0.2, -0.15) is 0 Å². The summed E-state index contributed by atoms with van der Waals surface area (Å²) < 4.78 is 12.9. The molecule has 1 heterocycles. The minimum Gasteiger partial charge on any atom is -0.350 e. The predicted molar refractivity (Wildman–Crippen MR) is 298 cm³/mol. The van der Waals surface area contributed by atoms with Crippen LogP contribution in [0, 0.1) is 172 Å². The summed E-state index contributed by atoms with van der Waals surface area (Å²) in [5.74, 6) is 62.6. The lowest BCUT2D eigenvalue weighted by Crippen LogP contribution is -2.49. The number of rotatable bonds is 19. The summed E-state index contributed by atoms with van der Waals surface area (Å²) in [6.07, 6.45) is 19.4. The Morgan fingerprint density at radius 2 is 1.07 bits per heavy atom. The smallest absolute Gasteiger partial charge is 0.297 e. The Balaban J connectivity index is -0.0000000682. The Morgan fingerprint density at radius 3 is 1.53 bits per heavy atom. The lowest BCUT2D eigenvalue weighted by molar-refractivity contribution is -0.251. The summed E-state index contributed by atoms with van der Waals surface area (Å²) in [5, 5.41) is 3.11. The Bertz CT molecular complexity index is 2240. The van der Waals surface area contributed by atoms with E-state index in [4.69, 9.17) is 9.47 Å². The number of hydrogen-bond donors (Lipinski definition) is 1. The van der Waals surface area contributed by atoms with E-state index in [0.29, 0.717) is 24.4 Å². The second-order valence-electron chi connectivity index (χ2n) is 14.7. The van der Waals surface area contributed by atoms with Crippen molar-refractivity contribution in [3.63, 3.8) is 0 Å². The van der Waals surface area contributed by atoms with E-state index in [1.54, 1.807) is 6.92 Å². The van der Waals surface area contributed by atoms with E-state index in [1.807, 2.05) is 0 Å². The third-order valence-electron chi connectivity index (χ3n) is 10.4. The van der Waals surface area contributed by atoms with Gasteiger partial charge in [-0.15, -0.1) is 0 Å². The van der Waals surface area contributed by atoms with E-state index in [9.17, 15) is 4.79 Å². The van der Waals surface area contributed by atoms with Gasteiger partial charge in [-0.3, -0.25) is 4.79 Å². The fourth-order valence-electron chi connectivity index (χ4n) is 6.26. The van der Waals surface area contributed by atoms with Crippen molar-refractivity contribution in [2.45, 2.75) is 151 Å². The largest absolute Gasteiger partial charge is 0.350 e. The van der Waals surface area contributed by atoms with Crippen molar-refractivity contribution in [1.29, 1.82) is 0 Å². The first-order valence-corrected chi connectivity index (χ1v) is 21.4. The molecule has 1 N–H and O–H groups in total. The standard InChI is InChI=1S/C56H61NO3.24H2/c1-9-12-14-16-18-20-22-24-25-26-27-28-29-30-31-32-33-34-36-38-40-42-44-46-55(58)57-53(47-59-56-52(8)50(6)51(7)54(11-3)60-56)49(5)48(4)45-43-41-39-37-35-23-21-19-17-15-13-10-2;;;;;;;;;;;;;;;;;;;;;;;;/h41,43,48-54,56H,10-11,13,15,17,19,21,23,35,37,39,45,47H2,1-8H3,(H,57,58);24*1H/t48-,49-,50?,51?,52?,53+,54?,56?;;;;;;;;;;;;;;;;;;;;;;;;/m1......................../s1. The predicted octanol–water partition coefficient (Wildman–Crippen LogP) is 14.6. The molecule has 5 unspecified atom stereocenters. The SMILES string of the molecule is CC#CC#CC#CC#CC#CC#CC#CC#CC#CC#CC#CC#CC(=O)N[C@@H](COC1OC(CC)C(C)C(C)C1C)[C@H](C)[C@H](C)CC=CCCCCCCCCCCC.[HH].[HH].[HH].[HH].[HH].[HH].[HH].[HH].[HH].[HH].[HH].[HH].[HH].[HH].[HH].[HH].[HH].[HH].[HH].[HH].[HH].[HH].[HH].[HH]. The van der Waals surface area contributed by atoms with Crippen LogP contribution >= 0.6 is 0 Å². The van der Waals surface area contributed by atoms with E-state index in [0.717, 1.165) is 19.3 Å². The van der Waals surface area contributed by atoms with Crippen molar-refractivity contribution < 1.29 is 48.5 Å². The topological polar surface area (TPSA) is 47.6 Å². The molecule has 4 nitrogen and oxygen atoms in total. The van der Waals surface area contributed by atoms with Gasteiger partial charge in [-0.05, 0) is 151 Å². The van der Waals surface area contributed by atoms with Crippen molar-refractivity contribution in [2.24, 2.45) is 29.6 Å². The van der Waals surface area contributed by atoms with Gasteiger partial charge >= 0.3 is 0 Å². The average Bonchev–Trinajstić information content (AvgIpc) is 3.25. The normalized spacial score (nSPS) is 17.9. The first kappa shape index (κ1) is 51.9. The fourth-order valence-corrected chi connectivity index (χ4v) is 6.26. The van der Waals surface area contributed by atoms with Crippen molar-refractivity contribution in [1.82, 2.24) is 5.32 Å². The zero-order valence-corrected chi connectivity index (χ0v) is 37.2. The molecule has 0 aliphatic carbocycles. The molecule has 0 radical (unpaired) electrons. The quantitative estimate of drug-likeness (QED) is 0.0800. The average molecular weight is 844 g/mol. The highest BCUT2D eigenvalue weighted by Gasteiger charge is 2.39. The van der Waals surface area contributed by atoms with Gasteiger partial charge < -0.3 is 14.8 Å². The van der Waals surface area contributed by atoms with Gasteiger partial charge in [0.05, 0.1) is 18.8 Å². The van der Waals surface area contributed by atoms with Crippen LogP contribution in [-0.4, -0.2) is 30.9 Å². The molecule has 1 fully saturated rings. The first-order valence-electron chi connectivity index (χ1n) is 21.4. The van der Waals surface area contributed by atoms with Crippen LogP contribution in [0.2, 0.25) is 0 Å². The summed E-state index contributed by atoms with van der Waals surface area (Å²) in [7, 11) is 0. The van der Waals surface area contributed by atoms with Crippen LogP contribution in [0.3, 0.4) is 0 Å². The van der Waals surface area contributed by atoms with Gasteiger partial charge in [-0.25, -0.2) is 0 Å². The van der Waals surface area contributed by atoms with Crippen LogP contribution in [0.15, 0.2) is 12.2 Å². The minimum absolute atomic E-state index is 0. The van der Waals surface area contributed by atoms with Crippen LogP contribution in [0.5, 0.6) is 0 Å². The Hall–Kier alpha value is -6.15. The van der Waals surface area contributed by atoms with Gasteiger partial charge in [-0.1, -0.05) is 118 Å². The summed E-state index contributed by atoms with van der Waals surface area (Å²) in [5.41, 5.74) is 0. The van der Waals surface area contributed by atoms with Gasteiger partial charge in [0, 0.05) is 81.6 Å².